The molecule has 1 atom stereocenters. The first kappa shape index (κ1) is 27.7. The van der Waals surface area contributed by atoms with Crippen molar-refractivity contribution in [3.05, 3.63) is 106 Å². The van der Waals surface area contributed by atoms with Crippen LogP contribution in [0.4, 0.5) is 13.2 Å². The van der Waals surface area contributed by atoms with E-state index in [1.165, 1.54) is 30.5 Å². The van der Waals surface area contributed by atoms with Gasteiger partial charge in [0.05, 0.1) is 34.9 Å². The summed E-state index contributed by atoms with van der Waals surface area (Å²) in [6.07, 6.45) is 1.96. The number of carbonyl (C=O) groups is 1. The van der Waals surface area contributed by atoms with Crippen LogP contribution in [0.3, 0.4) is 0 Å². The first-order valence-corrected chi connectivity index (χ1v) is 13.3. The molecular weight excluding hydrogens is 573 g/mol. The number of carboxylic acid groups (broad SMARTS) is 1. The minimum absolute atomic E-state index is 0.00859. The fourth-order valence-electron chi connectivity index (χ4n) is 4.71. The number of aromatic nitrogens is 4. The van der Waals surface area contributed by atoms with Gasteiger partial charge in [-0.3, -0.25) is 0 Å². The maximum absolute atomic E-state index is 15.4. The minimum atomic E-state index is -1.08. The van der Waals surface area contributed by atoms with E-state index >= 15 is 8.78 Å². The van der Waals surface area contributed by atoms with Crippen LogP contribution in [0.5, 0.6) is 5.88 Å². The summed E-state index contributed by atoms with van der Waals surface area (Å²) in [5.41, 5.74) is 1.49. The van der Waals surface area contributed by atoms with Crippen molar-refractivity contribution < 1.29 is 32.5 Å². The van der Waals surface area contributed by atoms with Gasteiger partial charge in [0.2, 0.25) is 5.88 Å². The standard InChI is InChI=1S/C30H22ClF3N4O4/c31-27-12-22(33)18(13-35-27)15-42-29-3-1-2-24(37-29)20-11-21(32)17(8-23(20)34)10-28-36-25-5-4-16(30(39)40)9-26(25)38(28)14-19-6-7-41-19/h1-5,8-9,11-13,19H,6-7,10,14-15H2,(H,39,40)/t19-/m0/s1. The number of carboxylic acids is 1. The second-order valence-electron chi connectivity index (χ2n) is 9.78. The van der Waals surface area contributed by atoms with E-state index in [0.717, 1.165) is 24.6 Å². The smallest absolute Gasteiger partial charge is 0.335 e. The number of rotatable bonds is 9. The molecule has 2 aromatic carbocycles. The van der Waals surface area contributed by atoms with E-state index in [-0.39, 0.29) is 58.1 Å². The van der Waals surface area contributed by atoms with Gasteiger partial charge in [0, 0.05) is 42.5 Å². The third kappa shape index (κ3) is 5.65. The highest BCUT2D eigenvalue weighted by atomic mass is 35.5. The Morgan fingerprint density at radius 2 is 1.86 bits per heavy atom. The van der Waals surface area contributed by atoms with Crippen molar-refractivity contribution in [2.24, 2.45) is 0 Å². The summed E-state index contributed by atoms with van der Waals surface area (Å²) >= 11 is 5.68. The summed E-state index contributed by atoms with van der Waals surface area (Å²) in [5.74, 6) is -2.51. The van der Waals surface area contributed by atoms with Gasteiger partial charge in [-0.1, -0.05) is 17.7 Å². The molecule has 1 fully saturated rings. The molecule has 42 heavy (non-hydrogen) atoms. The predicted molar refractivity (Wildman–Crippen MR) is 147 cm³/mol. The van der Waals surface area contributed by atoms with Crippen LogP contribution in [-0.4, -0.2) is 43.3 Å². The zero-order chi connectivity index (χ0) is 29.4. The molecule has 5 aromatic rings. The van der Waals surface area contributed by atoms with Crippen LogP contribution in [-0.2, 0) is 24.3 Å². The lowest BCUT2D eigenvalue weighted by Gasteiger charge is -2.27. The Morgan fingerprint density at radius 3 is 2.60 bits per heavy atom. The monoisotopic (exact) mass is 594 g/mol. The van der Waals surface area contributed by atoms with E-state index in [2.05, 4.69) is 15.0 Å². The summed E-state index contributed by atoms with van der Waals surface area (Å²) in [6.45, 7) is 0.844. The number of hydrogen-bond acceptors (Lipinski definition) is 6. The number of imidazole rings is 1. The Bertz CT molecular complexity index is 1830. The molecule has 1 saturated heterocycles. The van der Waals surface area contributed by atoms with Crippen molar-refractivity contribution in [3.63, 3.8) is 0 Å². The SMILES string of the molecule is O=C(O)c1ccc2nc(Cc3cc(F)c(-c4cccc(OCc5cnc(Cl)cc5F)n4)cc3F)n(C[C@@H]3CCO3)c2c1. The number of pyridine rings is 2. The van der Waals surface area contributed by atoms with Crippen LogP contribution in [0.2, 0.25) is 5.15 Å². The lowest BCUT2D eigenvalue weighted by Crippen LogP contribution is -2.31. The molecule has 0 aliphatic carbocycles. The zero-order valence-corrected chi connectivity index (χ0v) is 22.6. The van der Waals surface area contributed by atoms with E-state index in [4.69, 9.17) is 21.1 Å². The molecule has 12 heteroatoms. The van der Waals surface area contributed by atoms with Gasteiger partial charge in [-0.05, 0) is 48.4 Å². The van der Waals surface area contributed by atoms with Crippen molar-refractivity contribution in [1.82, 2.24) is 19.5 Å². The Balaban J connectivity index is 1.27. The molecule has 3 aromatic heterocycles. The molecular formula is C30H22ClF3N4O4. The Labute approximate surface area is 242 Å². The van der Waals surface area contributed by atoms with Crippen molar-refractivity contribution in [1.29, 1.82) is 0 Å². The van der Waals surface area contributed by atoms with Crippen molar-refractivity contribution in [2.45, 2.75) is 32.1 Å². The van der Waals surface area contributed by atoms with E-state index < -0.39 is 23.4 Å². The van der Waals surface area contributed by atoms with E-state index in [9.17, 15) is 14.3 Å². The molecule has 0 amide bonds. The molecule has 1 aliphatic heterocycles. The molecule has 4 heterocycles. The van der Waals surface area contributed by atoms with Gasteiger partial charge in [0.1, 0.15) is 35.0 Å². The fraction of sp³-hybridized carbons (Fsp3) is 0.200. The molecule has 8 nitrogen and oxygen atoms in total. The molecule has 0 spiro atoms. The number of fused-ring (bicyclic) bond motifs is 1. The number of ether oxygens (including phenoxy) is 2. The van der Waals surface area contributed by atoms with Gasteiger partial charge in [0.15, 0.2) is 0 Å². The fourth-order valence-corrected chi connectivity index (χ4v) is 4.85. The molecule has 6 rings (SSSR count). The van der Waals surface area contributed by atoms with Crippen LogP contribution in [0.25, 0.3) is 22.3 Å². The Hall–Kier alpha value is -4.48. The average Bonchev–Trinajstić information content (AvgIpc) is 3.28. The summed E-state index contributed by atoms with van der Waals surface area (Å²) in [6, 6.07) is 12.4. The summed E-state index contributed by atoms with van der Waals surface area (Å²) in [5, 5.41) is 9.45. The number of halogens is 4. The lowest BCUT2D eigenvalue weighted by atomic mass is 10.0. The second kappa shape index (κ2) is 11.4. The highest BCUT2D eigenvalue weighted by Crippen LogP contribution is 2.29. The minimum Gasteiger partial charge on any atom is -0.478 e. The number of nitrogens with zero attached hydrogens (tertiary/aromatic N) is 4. The quantitative estimate of drug-likeness (QED) is 0.202. The molecule has 0 saturated carbocycles. The first-order chi connectivity index (χ1) is 20.2. The van der Waals surface area contributed by atoms with Gasteiger partial charge < -0.3 is 19.1 Å². The van der Waals surface area contributed by atoms with Gasteiger partial charge in [-0.15, -0.1) is 0 Å². The van der Waals surface area contributed by atoms with Gasteiger partial charge in [-0.2, -0.15) is 0 Å². The zero-order valence-electron chi connectivity index (χ0n) is 21.9. The maximum Gasteiger partial charge on any atom is 0.335 e. The molecule has 0 bridgehead atoms. The van der Waals surface area contributed by atoms with Crippen molar-refractivity contribution in [3.8, 4) is 17.1 Å². The van der Waals surface area contributed by atoms with Crippen molar-refractivity contribution in [2.75, 3.05) is 6.61 Å². The average molecular weight is 595 g/mol. The number of benzene rings is 2. The normalized spacial score (nSPS) is 14.6. The molecule has 1 aliphatic rings. The van der Waals surface area contributed by atoms with E-state index in [1.807, 2.05) is 0 Å². The molecule has 214 valence electrons. The Morgan fingerprint density at radius 1 is 1.05 bits per heavy atom. The third-order valence-corrected chi connectivity index (χ3v) is 7.22. The number of aromatic carboxylic acids is 1. The maximum atomic E-state index is 15.4. The van der Waals surface area contributed by atoms with E-state index in [1.54, 1.807) is 16.7 Å². The third-order valence-electron chi connectivity index (χ3n) is 7.01. The predicted octanol–water partition coefficient (Wildman–Crippen LogP) is 6.22. The molecule has 1 N–H and O–H groups in total. The van der Waals surface area contributed by atoms with Crippen LogP contribution in [0.15, 0.2) is 60.8 Å². The summed E-state index contributed by atoms with van der Waals surface area (Å²) < 4.78 is 57.8. The van der Waals surface area contributed by atoms with Crippen LogP contribution >= 0.6 is 11.6 Å². The van der Waals surface area contributed by atoms with Crippen LogP contribution in [0.1, 0.15) is 33.7 Å². The molecule has 0 radical (unpaired) electrons. The van der Waals surface area contributed by atoms with Gasteiger partial charge >= 0.3 is 5.97 Å². The van der Waals surface area contributed by atoms with Gasteiger partial charge in [0.25, 0.3) is 0 Å². The topological polar surface area (TPSA) is 99.4 Å². The van der Waals surface area contributed by atoms with Crippen LogP contribution < -0.4 is 4.74 Å². The highest BCUT2D eigenvalue weighted by Gasteiger charge is 2.24. The molecule has 0 unspecified atom stereocenters. The second-order valence-corrected chi connectivity index (χ2v) is 10.2. The van der Waals surface area contributed by atoms with Crippen LogP contribution in [0, 0.1) is 17.5 Å². The summed E-state index contributed by atoms with van der Waals surface area (Å²) in [7, 11) is 0. The van der Waals surface area contributed by atoms with Crippen molar-refractivity contribution >= 4 is 28.6 Å². The Kier molecular flexibility index (Phi) is 7.53. The lowest BCUT2D eigenvalue weighted by molar-refractivity contribution is -0.0589. The first-order valence-electron chi connectivity index (χ1n) is 13.0. The largest absolute Gasteiger partial charge is 0.478 e. The van der Waals surface area contributed by atoms with Gasteiger partial charge in [-0.25, -0.2) is 32.9 Å². The number of hydrogen-bond donors (Lipinski definition) is 1. The van der Waals surface area contributed by atoms with E-state index in [0.29, 0.717) is 30.0 Å². The highest BCUT2D eigenvalue weighted by molar-refractivity contribution is 6.29. The summed E-state index contributed by atoms with van der Waals surface area (Å²) in [4.78, 5) is 24.2.